The van der Waals surface area contributed by atoms with E-state index in [0.29, 0.717) is 6.61 Å². The van der Waals surface area contributed by atoms with E-state index < -0.39 is 0 Å². The third-order valence-corrected chi connectivity index (χ3v) is 4.33. The van der Waals surface area contributed by atoms with E-state index >= 15 is 0 Å². The Balaban J connectivity index is 4.33. The minimum absolute atomic E-state index is 0.106. The number of hydrogen-bond acceptors (Lipinski definition) is 2. The Morgan fingerprint density at radius 1 is 1.00 bits per heavy atom. The predicted molar refractivity (Wildman–Crippen MR) is 110 cm³/mol. The largest absolute Gasteiger partial charge is 0.465 e. The van der Waals surface area contributed by atoms with Crippen LogP contribution in [0.2, 0.25) is 0 Å². The highest BCUT2D eigenvalue weighted by Crippen LogP contribution is 2.18. The Labute approximate surface area is 155 Å². The van der Waals surface area contributed by atoms with Crippen molar-refractivity contribution in [1.29, 1.82) is 0 Å². The Kier molecular flexibility index (Phi) is 11.9. The summed E-state index contributed by atoms with van der Waals surface area (Å²) in [6, 6.07) is 0. The van der Waals surface area contributed by atoms with Gasteiger partial charge >= 0.3 is 5.97 Å². The van der Waals surface area contributed by atoms with Crippen molar-refractivity contribution in [3.05, 3.63) is 47.6 Å². The number of carbonyl (C=O) groups excluding carboxylic acids is 1. The maximum Gasteiger partial charge on any atom is 0.308 e. The summed E-state index contributed by atoms with van der Waals surface area (Å²) in [6.07, 6.45) is 9.22. The monoisotopic (exact) mass is 346 g/mol. The van der Waals surface area contributed by atoms with Crippen molar-refractivity contribution in [1.82, 2.24) is 0 Å². The lowest BCUT2D eigenvalue weighted by Gasteiger charge is -2.17. The third kappa shape index (κ3) is 12.4. The second-order valence-corrected chi connectivity index (χ2v) is 7.69. The van der Waals surface area contributed by atoms with Gasteiger partial charge in [0.25, 0.3) is 0 Å². The van der Waals surface area contributed by atoms with Crippen LogP contribution in [0.25, 0.3) is 0 Å². The van der Waals surface area contributed by atoms with E-state index in [1.807, 2.05) is 13.8 Å². The number of carbonyl (C=O) groups is 1. The molecule has 0 amide bonds. The molecule has 0 aromatic carbocycles. The lowest BCUT2D eigenvalue weighted by atomic mass is 9.98. The van der Waals surface area contributed by atoms with Crippen molar-refractivity contribution >= 4 is 5.97 Å². The van der Waals surface area contributed by atoms with E-state index in [0.717, 1.165) is 37.7 Å². The Bertz CT molecular complexity index is 504. The second-order valence-electron chi connectivity index (χ2n) is 7.69. The molecule has 2 nitrogen and oxygen atoms in total. The van der Waals surface area contributed by atoms with Gasteiger partial charge in [-0.1, -0.05) is 47.9 Å². The summed E-state index contributed by atoms with van der Waals surface area (Å²) in [7, 11) is 0. The Morgan fingerprint density at radius 2 is 1.64 bits per heavy atom. The molecule has 2 heteroatoms. The average molecular weight is 347 g/mol. The normalized spacial score (nSPS) is 13.8. The summed E-state index contributed by atoms with van der Waals surface area (Å²) in [5.41, 5.74) is 4.90. The first kappa shape index (κ1) is 23.4. The zero-order valence-corrected chi connectivity index (χ0v) is 17.3. The van der Waals surface area contributed by atoms with Gasteiger partial charge < -0.3 is 4.74 Å². The summed E-state index contributed by atoms with van der Waals surface area (Å²) >= 11 is 0. The van der Waals surface area contributed by atoms with Gasteiger partial charge in [0.2, 0.25) is 0 Å². The van der Waals surface area contributed by atoms with Crippen LogP contribution in [0.5, 0.6) is 0 Å². The van der Waals surface area contributed by atoms with Gasteiger partial charge in [0.15, 0.2) is 0 Å². The van der Waals surface area contributed by atoms with Crippen molar-refractivity contribution in [3.63, 3.8) is 0 Å². The molecule has 0 spiro atoms. The number of esters is 1. The van der Waals surface area contributed by atoms with Gasteiger partial charge in [0.1, 0.15) is 0 Å². The van der Waals surface area contributed by atoms with Gasteiger partial charge in [-0.3, -0.25) is 4.79 Å². The van der Waals surface area contributed by atoms with Gasteiger partial charge in [-0.25, -0.2) is 0 Å². The summed E-state index contributed by atoms with van der Waals surface area (Å²) in [5, 5.41) is 0. The number of allylic oxidation sites excluding steroid dienone is 5. The SMILES string of the molecule is C=C(C)CCC/C(C)=C\CC(C)C(=O)OC[C@@H](CC=C(C)C)C(=C)C. The van der Waals surface area contributed by atoms with Crippen LogP contribution >= 0.6 is 0 Å². The fourth-order valence-electron chi connectivity index (χ4n) is 2.36. The molecule has 0 N–H and O–H groups in total. The van der Waals surface area contributed by atoms with E-state index in [4.69, 9.17) is 4.74 Å². The minimum Gasteiger partial charge on any atom is -0.465 e. The molecule has 0 bridgehead atoms. The first-order valence-corrected chi connectivity index (χ1v) is 9.38. The molecule has 0 saturated heterocycles. The van der Waals surface area contributed by atoms with Crippen LogP contribution < -0.4 is 0 Å². The molecule has 0 saturated carbocycles. The van der Waals surface area contributed by atoms with E-state index in [2.05, 4.69) is 53.0 Å². The second kappa shape index (κ2) is 12.7. The zero-order valence-electron chi connectivity index (χ0n) is 17.3. The standard InChI is InChI=1S/C23H38O2/c1-17(2)10-9-11-20(7)13-14-21(8)23(24)25-16-22(19(5)6)15-12-18(3)4/h12-13,21-22H,1,5,9-11,14-16H2,2-4,6-8H3/b20-13-/t21?,22-/m1/s1. The maximum atomic E-state index is 12.2. The molecule has 0 fully saturated rings. The first-order chi connectivity index (χ1) is 11.6. The van der Waals surface area contributed by atoms with Crippen LogP contribution in [0, 0.1) is 11.8 Å². The highest BCUT2D eigenvalue weighted by Gasteiger charge is 2.16. The topological polar surface area (TPSA) is 26.3 Å². The molecule has 25 heavy (non-hydrogen) atoms. The van der Waals surface area contributed by atoms with Crippen molar-refractivity contribution in [2.75, 3.05) is 6.61 Å². The smallest absolute Gasteiger partial charge is 0.308 e. The van der Waals surface area contributed by atoms with E-state index in [-0.39, 0.29) is 17.8 Å². The lowest BCUT2D eigenvalue weighted by Crippen LogP contribution is -2.19. The van der Waals surface area contributed by atoms with Gasteiger partial charge in [-0.05, 0) is 66.7 Å². The summed E-state index contributed by atoms with van der Waals surface area (Å²) in [5.74, 6) is -0.0229. The van der Waals surface area contributed by atoms with Gasteiger partial charge in [0, 0.05) is 5.92 Å². The predicted octanol–water partition coefficient (Wildman–Crippen LogP) is 6.80. The van der Waals surface area contributed by atoms with E-state index in [1.165, 1.54) is 16.7 Å². The van der Waals surface area contributed by atoms with Crippen molar-refractivity contribution in [2.24, 2.45) is 11.8 Å². The summed E-state index contributed by atoms with van der Waals surface area (Å²) < 4.78 is 5.53. The molecule has 1 unspecified atom stereocenters. The maximum absolute atomic E-state index is 12.2. The zero-order chi connectivity index (χ0) is 19.4. The Hall–Kier alpha value is -1.57. The highest BCUT2D eigenvalue weighted by molar-refractivity contribution is 5.72. The van der Waals surface area contributed by atoms with E-state index in [9.17, 15) is 4.79 Å². The van der Waals surface area contributed by atoms with Gasteiger partial charge in [-0.2, -0.15) is 0 Å². The molecule has 0 aliphatic carbocycles. The van der Waals surface area contributed by atoms with Gasteiger partial charge in [-0.15, -0.1) is 6.58 Å². The van der Waals surface area contributed by atoms with Crippen LogP contribution in [0.3, 0.4) is 0 Å². The number of rotatable bonds is 12. The lowest BCUT2D eigenvalue weighted by molar-refractivity contribution is -0.148. The molecular weight excluding hydrogens is 308 g/mol. The van der Waals surface area contributed by atoms with Crippen LogP contribution in [0.1, 0.15) is 73.6 Å². The van der Waals surface area contributed by atoms with Crippen LogP contribution in [-0.2, 0) is 9.53 Å². The fraction of sp³-hybridized carbons (Fsp3) is 0.609. The molecule has 0 aliphatic heterocycles. The first-order valence-electron chi connectivity index (χ1n) is 9.38. The van der Waals surface area contributed by atoms with Crippen LogP contribution in [0.15, 0.2) is 47.6 Å². The quantitative estimate of drug-likeness (QED) is 0.287. The van der Waals surface area contributed by atoms with Crippen LogP contribution in [0.4, 0.5) is 0 Å². The highest BCUT2D eigenvalue weighted by atomic mass is 16.5. The van der Waals surface area contributed by atoms with Crippen molar-refractivity contribution in [3.8, 4) is 0 Å². The Morgan fingerprint density at radius 3 is 2.16 bits per heavy atom. The average Bonchev–Trinajstić information content (AvgIpc) is 2.51. The summed E-state index contributed by atoms with van der Waals surface area (Å²) in [6.45, 7) is 20.7. The third-order valence-electron chi connectivity index (χ3n) is 4.33. The molecule has 0 aromatic heterocycles. The van der Waals surface area contributed by atoms with Gasteiger partial charge in [0.05, 0.1) is 12.5 Å². The fourth-order valence-corrected chi connectivity index (χ4v) is 2.36. The molecule has 0 aliphatic rings. The van der Waals surface area contributed by atoms with E-state index in [1.54, 1.807) is 0 Å². The molecular formula is C23H38O2. The molecule has 0 rings (SSSR count). The van der Waals surface area contributed by atoms with Crippen molar-refractivity contribution < 1.29 is 9.53 Å². The summed E-state index contributed by atoms with van der Waals surface area (Å²) in [4.78, 5) is 12.2. The van der Waals surface area contributed by atoms with Crippen LogP contribution in [-0.4, -0.2) is 12.6 Å². The minimum atomic E-state index is -0.116. The molecule has 0 heterocycles. The molecule has 0 aromatic rings. The van der Waals surface area contributed by atoms with Crippen molar-refractivity contribution in [2.45, 2.75) is 73.6 Å². The molecule has 2 atom stereocenters. The number of ether oxygens (including phenoxy) is 1. The molecule has 0 radical (unpaired) electrons. The number of hydrogen-bond donors (Lipinski definition) is 0. The molecule has 142 valence electrons.